The normalized spacial score (nSPS) is 63.2. The average Bonchev–Trinajstić information content (AvgIpc) is 2.65. The van der Waals surface area contributed by atoms with Gasteiger partial charge >= 0.3 is 0 Å². The van der Waals surface area contributed by atoms with Crippen LogP contribution in [-0.2, 0) is 14.3 Å². The zero-order valence-electron chi connectivity index (χ0n) is 11.8. The Labute approximate surface area is 113 Å². The number of carbonyl (C=O) groups excluding carboxylic acids is 2. The summed E-state index contributed by atoms with van der Waals surface area (Å²) >= 11 is 0. The molecule has 102 valence electrons. The van der Waals surface area contributed by atoms with E-state index in [-0.39, 0.29) is 22.9 Å². The first-order chi connectivity index (χ1) is 8.81. The van der Waals surface area contributed by atoms with Crippen LogP contribution in [0.2, 0.25) is 0 Å². The number of carbonyl (C=O) groups is 2. The molecular formula is C16H20O3. The number of ketones is 2. The molecule has 0 amide bonds. The van der Waals surface area contributed by atoms with E-state index in [2.05, 4.69) is 20.8 Å². The smallest absolute Gasteiger partial charge is 0.145 e. The second kappa shape index (κ2) is 2.45. The van der Waals surface area contributed by atoms with Crippen molar-refractivity contribution < 1.29 is 14.3 Å². The van der Waals surface area contributed by atoms with Gasteiger partial charge in [0.25, 0.3) is 0 Å². The molecule has 0 radical (unpaired) electrons. The van der Waals surface area contributed by atoms with Crippen molar-refractivity contribution in [2.75, 3.05) is 0 Å². The lowest BCUT2D eigenvalue weighted by Crippen LogP contribution is -2.53. The number of ether oxygens (including phenoxy) is 1. The van der Waals surface area contributed by atoms with Crippen LogP contribution in [0.4, 0.5) is 0 Å². The fourth-order valence-electron chi connectivity index (χ4n) is 6.97. The summed E-state index contributed by atoms with van der Waals surface area (Å²) in [5.74, 6) is 1.20. The maximum Gasteiger partial charge on any atom is 0.145 e. The minimum absolute atomic E-state index is 0.0734. The molecule has 0 N–H and O–H groups in total. The van der Waals surface area contributed by atoms with Crippen molar-refractivity contribution in [2.24, 2.45) is 28.6 Å². The second-order valence-electron chi connectivity index (χ2n) is 8.38. The van der Waals surface area contributed by atoms with Gasteiger partial charge in [-0.1, -0.05) is 13.8 Å². The Morgan fingerprint density at radius 3 is 2.63 bits per heavy atom. The van der Waals surface area contributed by atoms with Crippen molar-refractivity contribution >= 4 is 11.6 Å². The second-order valence-corrected chi connectivity index (χ2v) is 8.38. The van der Waals surface area contributed by atoms with Crippen LogP contribution < -0.4 is 0 Å². The van der Waals surface area contributed by atoms with Crippen LogP contribution >= 0.6 is 0 Å². The monoisotopic (exact) mass is 260 g/mol. The third kappa shape index (κ3) is 0.754. The first-order valence-electron chi connectivity index (χ1n) is 7.57. The highest BCUT2D eigenvalue weighted by Gasteiger charge is 2.99. The molecule has 0 aromatic heterocycles. The molecule has 2 spiro atoms. The fourth-order valence-corrected chi connectivity index (χ4v) is 6.97. The Hall–Kier alpha value is -0.700. The largest absolute Gasteiger partial charge is 0.366 e. The zero-order valence-corrected chi connectivity index (χ0v) is 11.8. The summed E-state index contributed by atoms with van der Waals surface area (Å²) < 4.78 is 6.52. The molecule has 3 heteroatoms. The third-order valence-corrected chi connectivity index (χ3v) is 7.41. The maximum absolute atomic E-state index is 12.9. The predicted octanol–water partition coefficient (Wildman–Crippen LogP) is 2.13. The number of hydrogen-bond acceptors (Lipinski definition) is 3. The first kappa shape index (κ1) is 11.0. The topological polar surface area (TPSA) is 43.4 Å². The van der Waals surface area contributed by atoms with E-state index in [0.717, 1.165) is 12.8 Å². The van der Waals surface area contributed by atoms with Crippen LogP contribution in [0.3, 0.4) is 0 Å². The molecule has 3 aliphatic carbocycles. The SMILES string of the molecule is CC1(C)[C@@H]2CC[C@]3(C)CC(=O)[C@@]45[C@H]1CC(=O)[C@H]4[C@]25O3. The Bertz CT molecular complexity index is 564. The number of rotatable bonds is 0. The Morgan fingerprint density at radius 2 is 1.89 bits per heavy atom. The van der Waals surface area contributed by atoms with E-state index in [4.69, 9.17) is 4.74 Å². The highest BCUT2D eigenvalue weighted by Crippen LogP contribution is 2.90. The van der Waals surface area contributed by atoms with Gasteiger partial charge in [0.2, 0.25) is 0 Å². The third-order valence-electron chi connectivity index (χ3n) is 7.41. The van der Waals surface area contributed by atoms with Gasteiger partial charge < -0.3 is 4.74 Å². The Balaban J connectivity index is 1.82. The highest BCUT2D eigenvalue weighted by atomic mass is 16.5. The Kier molecular flexibility index (Phi) is 1.42. The molecule has 0 aromatic carbocycles. The van der Waals surface area contributed by atoms with E-state index in [1.807, 2.05) is 0 Å². The van der Waals surface area contributed by atoms with Gasteiger partial charge in [0.15, 0.2) is 0 Å². The van der Waals surface area contributed by atoms with Crippen LogP contribution in [0.15, 0.2) is 0 Å². The van der Waals surface area contributed by atoms with E-state index in [0.29, 0.717) is 30.3 Å². The van der Waals surface area contributed by atoms with E-state index in [1.165, 1.54) is 0 Å². The van der Waals surface area contributed by atoms with Crippen LogP contribution in [-0.4, -0.2) is 22.8 Å². The summed E-state index contributed by atoms with van der Waals surface area (Å²) in [7, 11) is 0. The lowest BCUT2D eigenvalue weighted by Gasteiger charge is -2.48. The van der Waals surface area contributed by atoms with E-state index >= 15 is 0 Å². The van der Waals surface area contributed by atoms with Gasteiger partial charge in [-0.05, 0) is 37.0 Å². The molecule has 0 unspecified atom stereocenters. The van der Waals surface area contributed by atoms with E-state index < -0.39 is 11.0 Å². The summed E-state index contributed by atoms with van der Waals surface area (Å²) in [5.41, 5.74) is -1.02. The van der Waals surface area contributed by atoms with Gasteiger partial charge in [0.05, 0.1) is 22.5 Å². The van der Waals surface area contributed by atoms with Gasteiger partial charge in [-0.15, -0.1) is 0 Å². The maximum atomic E-state index is 12.9. The molecule has 6 atom stereocenters. The first-order valence-corrected chi connectivity index (χ1v) is 7.57. The molecule has 3 nitrogen and oxygen atoms in total. The van der Waals surface area contributed by atoms with Crippen LogP contribution in [0.25, 0.3) is 0 Å². The van der Waals surface area contributed by atoms with Crippen molar-refractivity contribution in [3.8, 4) is 0 Å². The quantitative estimate of drug-likeness (QED) is 0.670. The molecule has 2 aliphatic heterocycles. The van der Waals surface area contributed by atoms with Gasteiger partial charge in [-0.25, -0.2) is 0 Å². The number of Topliss-reactive ketones (excluding diaryl/α,β-unsaturated/α-hetero) is 2. The van der Waals surface area contributed by atoms with Gasteiger partial charge in [0, 0.05) is 12.8 Å². The number of hydrogen-bond donors (Lipinski definition) is 0. The minimum Gasteiger partial charge on any atom is -0.366 e. The van der Waals surface area contributed by atoms with Crippen LogP contribution in [0, 0.1) is 28.6 Å². The molecule has 2 bridgehead atoms. The fraction of sp³-hybridized carbons (Fsp3) is 0.875. The van der Waals surface area contributed by atoms with Crippen LogP contribution in [0.5, 0.6) is 0 Å². The Morgan fingerprint density at radius 1 is 1.16 bits per heavy atom. The van der Waals surface area contributed by atoms with Crippen molar-refractivity contribution in [3.63, 3.8) is 0 Å². The van der Waals surface area contributed by atoms with Crippen molar-refractivity contribution in [3.05, 3.63) is 0 Å². The summed E-state index contributed by atoms with van der Waals surface area (Å²) in [5, 5.41) is 0. The van der Waals surface area contributed by atoms with Gasteiger partial charge in [-0.3, -0.25) is 9.59 Å². The molecule has 5 aliphatic rings. The zero-order chi connectivity index (χ0) is 13.4. The molecule has 0 aromatic rings. The van der Waals surface area contributed by atoms with Crippen molar-refractivity contribution in [1.29, 1.82) is 0 Å². The van der Waals surface area contributed by atoms with Gasteiger partial charge in [0.1, 0.15) is 11.6 Å². The molecule has 19 heavy (non-hydrogen) atoms. The molecular weight excluding hydrogens is 240 g/mol. The lowest BCUT2D eigenvalue weighted by atomic mass is 9.68. The summed E-state index contributed by atoms with van der Waals surface area (Å²) in [6.07, 6.45) is 3.23. The highest BCUT2D eigenvalue weighted by molar-refractivity contribution is 6.07. The summed E-state index contributed by atoms with van der Waals surface area (Å²) in [4.78, 5) is 25.3. The molecule has 2 heterocycles. The minimum atomic E-state index is -0.405. The van der Waals surface area contributed by atoms with E-state index in [1.54, 1.807) is 0 Å². The summed E-state index contributed by atoms with van der Waals surface area (Å²) in [6, 6.07) is 0. The molecule has 5 rings (SSSR count). The average molecular weight is 260 g/mol. The van der Waals surface area contributed by atoms with Gasteiger partial charge in [-0.2, -0.15) is 0 Å². The number of fused-ring (bicyclic) bond motifs is 1. The summed E-state index contributed by atoms with van der Waals surface area (Å²) in [6.45, 7) is 6.60. The van der Waals surface area contributed by atoms with E-state index in [9.17, 15) is 9.59 Å². The molecule has 5 fully saturated rings. The van der Waals surface area contributed by atoms with Crippen LogP contribution in [0.1, 0.15) is 46.5 Å². The molecule has 2 saturated heterocycles. The van der Waals surface area contributed by atoms with Crippen molar-refractivity contribution in [1.82, 2.24) is 0 Å². The standard InChI is InChI=1S/C16H20O3/c1-13(2)9-4-5-14(3)7-11(18)15-10(13)6-8(17)12(15)16(9,15)19-14/h9-10,12H,4-7H2,1-3H3/t9-,10-,12+,14+,15-,16+/m0/s1. The molecule has 3 saturated carbocycles. The van der Waals surface area contributed by atoms with Crippen molar-refractivity contribution in [2.45, 2.75) is 57.7 Å². The predicted molar refractivity (Wildman–Crippen MR) is 67.4 cm³/mol. The lowest BCUT2D eigenvalue weighted by molar-refractivity contribution is -0.201.